The molecular weight excluding hydrogens is 560 g/mol. The summed E-state index contributed by atoms with van der Waals surface area (Å²) >= 11 is 0. The molecule has 10 heteroatoms. The standard InChI is InChI=1S/C31H20N2O6S2/c34-40(35,38-28-9-1-5-20-7-3-15-32-30(20)28)24-11-13-26-22(18-24)17-23-19-25(12-14-27(23)26)41(36,37)39-29-10-2-6-21-8-4-16-33-31(21)29/h1-16,18-19H,17H2. The molecule has 0 bridgehead atoms. The van der Waals surface area contributed by atoms with Crippen LogP contribution in [-0.4, -0.2) is 26.8 Å². The summed E-state index contributed by atoms with van der Waals surface area (Å²) in [5.74, 6) is 0.284. The molecule has 8 nitrogen and oxygen atoms in total. The maximum Gasteiger partial charge on any atom is 0.339 e. The fourth-order valence-corrected chi connectivity index (χ4v) is 7.07. The Hall–Kier alpha value is -4.80. The number of hydrogen-bond acceptors (Lipinski definition) is 8. The molecule has 4 aromatic carbocycles. The molecular formula is C31H20N2O6S2. The first kappa shape index (κ1) is 25.2. The molecule has 0 saturated carbocycles. The predicted molar refractivity (Wildman–Crippen MR) is 154 cm³/mol. The summed E-state index contributed by atoms with van der Waals surface area (Å²) < 4.78 is 63.9. The van der Waals surface area contributed by atoms with Gasteiger partial charge >= 0.3 is 20.2 Å². The number of nitrogens with zero attached hydrogens (tertiary/aromatic N) is 2. The molecule has 0 amide bonds. The SMILES string of the molecule is O=S(=O)(Oc1cccc2cccnc12)c1ccc2c(c1)Cc1cc(S(=O)(=O)Oc3cccc4cccnc34)ccc1-2. The Labute approximate surface area is 236 Å². The second kappa shape index (κ2) is 9.39. The molecule has 1 aliphatic carbocycles. The summed E-state index contributed by atoms with van der Waals surface area (Å²) in [5.41, 5.74) is 4.04. The lowest BCUT2D eigenvalue weighted by atomic mass is 10.1. The van der Waals surface area contributed by atoms with E-state index in [2.05, 4.69) is 9.97 Å². The lowest BCUT2D eigenvalue weighted by molar-refractivity contribution is 0.486. The van der Waals surface area contributed by atoms with E-state index < -0.39 is 20.2 Å². The van der Waals surface area contributed by atoms with Gasteiger partial charge in [-0.1, -0.05) is 48.5 Å². The van der Waals surface area contributed by atoms with E-state index in [9.17, 15) is 16.8 Å². The lowest BCUT2D eigenvalue weighted by Gasteiger charge is -2.10. The van der Waals surface area contributed by atoms with Crippen molar-refractivity contribution >= 4 is 42.0 Å². The van der Waals surface area contributed by atoms with E-state index in [-0.39, 0.29) is 21.3 Å². The Balaban J connectivity index is 1.17. The Morgan fingerprint density at radius 1 is 0.537 bits per heavy atom. The van der Waals surface area contributed by atoms with Gasteiger partial charge in [-0.3, -0.25) is 9.97 Å². The van der Waals surface area contributed by atoms with Crippen molar-refractivity contribution in [2.45, 2.75) is 16.2 Å². The first-order valence-corrected chi connectivity index (χ1v) is 15.4. The van der Waals surface area contributed by atoms with E-state index in [0.29, 0.717) is 17.5 Å². The van der Waals surface area contributed by atoms with Crippen LogP contribution < -0.4 is 8.37 Å². The molecule has 0 radical (unpaired) electrons. The average Bonchev–Trinajstić information content (AvgIpc) is 3.35. The smallest absolute Gasteiger partial charge is 0.339 e. The zero-order valence-electron chi connectivity index (χ0n) is 21.3. The van der Waals surface area contributed by atoms with Crippen LogP contribution in [0.3, 0.4) is 0 Å². The third-order valence-electron chi connectivity index (χ3n) is 6.99. The van der Waals surface area contributed by atoms with Gasteiger partial charge in [-0.25, -0.2) is 0 Å². The Morgan fingerprint density at radius 2 is 0.976 bits per heavy atom. The minimum atomic E-state index is -4.16. The predicted octanol–water partition coefficient (Wildman–Crippen LogP) is 5.89. The van der Waals surface area contributed by atoms with Gasteiger partial charge in [-0.15, -0.1) is 0 Å². The van der Waals surface area contributed by atoms with Gasteiger partial charge in [0.2, 0.25) is 0 Å². The average molecular weight is 581 g/mol. The fourth-order valence-electron chi connectivity index (χ4n) is 5.09. The van der Waals surface area contributed by atoms with Gasteiger partial charge in [0.25, 0.3) is 0 Å². The first-order valence-electron chi connectivity index (χ1n) is 12.6. The van der Waals surface area contributed by atoms with Gasteiger partial charge in [-0.05, 0) is 77.2 Å². The maximum absolute atomic E-state index is 13.2. The van der Waals surface area contributed by atoms with E-state index in [1.54, 1.807) is 73.1 Å². The second-order valence-corrected chi connectivity index (χ2v) is 12.6. The molecule has 0 aliphatic heterocycles. The van der Waals surface area contributed by atoms with E-state index in [0.717, 1.165) is 33.0 Å². The topological polar surface area (TPSA) is 113 Å². The summed E-state index contributed by atoms with van der Waals surface area (Å²) in [6, 6.07) is 26.9. The number of rotatable bonds is 6. The van der Waals surface area contributed by atoms with Crippen LogP contribution in [0.15, 0.2) is 119 Å². The molecule has 1 aliphatic rings. The molecule has 0 spiro atoms. The fraction of sp³-hybridized carbons (Fsp3) is 0.0323. The molecule has 41 heavy (non-hydrogen) atoms. The molecule has 0 fully saturated rings. The van der Waals surface area contributed by atoms with Gasteiger partial charge < -0.3 is 8.37 Å². The molecule has 0 atom stereocenters. The largest absolute Gasteiger partial charge is 0.377 e. The zero-order valence-corrected chi connectivity index (χ0v) is 22.9. The Bertz CT molecular complexity index is 2060. The molecule has 2 aromatic heterocycles. The van der Waals surface area contributed by atoms with Crippen LogP contribution in [0, 0.1) is 0 Å². The minimum Gasteiger partial charge on any atom is -0.377 e. The first-order chi connectivity index (χ1) is 19.8. The van der Waals surface area contributed by atoms with E-state index >= 15 is 0 Å². The zero-order chi connectivity index (χ0) is 28.2. The van der Waals surface area contributed by atoms with Crippen molar-refractivity contribution in [3.63, 3.8) is 0 Å². The maximum atomic E-state index is 13.2. The van der Waals surface area contributed by atoms with Crippen LogP contribution in [0.4, 0.5) is 0 Å². The molecule has 0 N–H and O–H groups in total. The highest BCUT2D eigenvalue weighted by atomic mass is 32.2. The van der Waals surface area contributed by atoms with Crippen molar-refractivity contribution < 1.29 is 25.2 Å². The molecule has 7 rings (SSSR count). The Morgan fingerprint density at radius 3 is 1.44 bits per heavy atom. The van der Waals surface area contributed by atoms with Crippen molar-refractivity contribution in [2.75, 3.05) is 0 Å². The van der Waals surface area contributed by atoms with Crippen LogP contribution in [-0.2, 0) is 26.7 Å². The van der Waals surface area contributed by atoms with Gasteiger partial charge in [0, 0.05) is 23.2 Å². The van der Waals surface area contributed by atoms with Crippen LogP contribution in [0.2, 0.25) is 0 Å². The summed E-state index contributed by atoms with van der Waals surface area (Å²) in [5, 5.41) is 1.52. The normalized spacial score (nSPS) is 12.7. The second-order valence-electron chi connectivity index (χ2n) is 9.55. The summed E-state index contributed by atoms with van der Waals surface area (Å²) in [4.78, 5) is 8.52. The van der Waals surface area contributed by atoms with Gasteiger partial charge in [0.1, 0.15) is 20.8 Å². The molecule has 6 aromatic rings. The lowest BCUT2D eigenvalue weighted by Crippen LogP contribution is -2.10. The summed E-state index contributed by atoms with van der Waals surface area (Å²) in [6.45, 7) is 0. The molecule has 0 unspecified atom stereocenters. The van der Waals surface area contributed by atoms with Gasteiger partial charge in [-0.2, -0.15) is 16.8 Å². The van der Waals surface area contributed by atoms with Crippen molar-refractivity contribution in [2.24, 2.45) is 0 Å². The van der Waals surface area contributed by atoms with Crippen molar-refractivity contribution in [3.05, 3.63) is 121 Å². The van der Waals surface area contributed by atoms with Crippen LogP contribution >= 0.6 is 0 Å². The van der Waals surface area contributed by atoms with E-state index in [1.807, 2.05) is 24.3 Å². The number of hydrogen-bond donors (Lipinski definition) is 0. The Kier molecular flexibility index (Phi) is 5.77. The highest BCUT2D eigenvalue weighted by Gasteiger charge is 2.27. The van der Waals surface area contributed by atoms with E-state index in [4.69, 9.17) is 8.37 Å². The highest BCUT2D eigenvalue weighted by Crippen LogP contribution is 2.39. The van der Waals surface area contributed by atoms with Crippen molar-refractivity contribution in [3.8, 4) is 22.6 Å². The van der Waals surface area contributed by atoms with Crippen molar-refractivity contribution in [1.29, 1.82) is 0 Å². The number of para-hydroxylation sites is 2. The van der Waals surface area contributed by atoms with Crippen LogP contribution in [0.5, 0.6) is 11.5 Å². The molecule has 2 heterocycles. The van der Waals surface area contributed by atoms with Crippen molar-refractivity contribution in [1.82, 2.24) is 9.97 Å². The summed E-state index contributed by atoms with van der Waals surface area (Å²) in [6.07, 6.45) is 3.50. The number of pyridine rings is 2. The molecule has 0 saturated heterocycles. The third-order valence-corrected chi connectivity index (χ3v) is 9.45. The van der Waals surface area contributed by atoms with Gasteiger partial charge in [0.05, 0.1) is 0 Å². The summed E-state index contributed by atoms with van der Waals surface area (Å²) in [7, 11) is -8.32. The third kappa shape index (κ3) is 4.47. The van der Waals surface area contributed by atoms with Gasteiger partial charge in [0.15, 0.2) is 11.5 Å². The number of fused-ring (bicyclic) bond motifs is 5. The van der Waals surface area contributed by atoms with E-state index in [1.165, 1.54) is 12.1 Å². The molecule has 202 valence electrons. The monoisotopic (exact) mass is 580 g/mol. The highest BCUT2D eigenvalue weighted by molar-refractivity contribution is 7.87. The van der Waals surface area contributed by atoms with Crippen LogP contribution in [0.1, 0.15) is 11.1 Å². The number of benzene rings is 4. The van der Waals surface area contributed by atoms with Crippen LogP contribution in [0.25, 0.3) is 32.9 Å². The minimum absolute atomic E-state index is 0.00313. The quantitative estimate of drug-likeness (QED) is 0.224. The number of aromatic nitrogens is 2.